The third-order valence-electron chi connectivity index (χ3n) is 4.49. The minimum absolute atomic E-state index is 0.0904. The molecule has 0 unspecified atom stereocenters. The molecule has 0 radical (unpaired) electrons. The third-order valence-corrected chi connectivity index (χ3v) is 4.49. The predicted molar refractivity (Wildman–Crippen MR) is 103 cm³/mol. The van der Waals surface area contributed by atoms with Gasteiger partial charge in [-0.25, -0.2) is 0 Å². The van der Waals surface area contributed by atoms with Crippen LogP contribution < -0.4 is 15.6 Å². The van der Waals surface area contributed by atoms with Crippen molar-refractivity contribution >= 4 is 16.8 Å². The Morgan fingerprint density at radius 1 is 1.08 bits per heavy atom. The number of nitrogens with one attached hydrogen (secondary N) is 2. The molecule has 26 heavy (non-hydrogen) atoms. The minimum Gasteiger partial charge on any atom is -0.484 e. The van der Waals surface area contributed by atoms with Crippen LogP contribution in [0.5, 0.6) is 5.75 Å². The Kier molecular flexibility index (Phi) is 5.07. The van der Waals surface area contributed by atoms with Crippen molar-refractivity contribution in [2.75, 3.05) is 6.61 Å². The molecule has 3 rings (SSSR count). The van der Waals surface area contributed by atoms with Crippen molar-refractivity contribution in [3.63, 3.8) is 0 Å². The lowest BCUT2D eigenvalue weighted by Gasteiger charge is -2.09. The van der Waals surface area contributed by atoms with E-state index in [1.807, 2.05) is 63.2 Å². The van der Waals surface area contributed by atoms with Gasteiger partial charge in [0, 0.05) is 12.1 Å². The summed E-state index contributed by atoms with van der Waals surface area (Å²) in [4.78, 5) is 27.2. The number of amides is 1. The van der Waals surface area contributed by atoms with Gasteiger partial charge >= 0.3 is 0 Å². The number of rotatable bonds is 5. The molecule has 0 fully saturated rings. The van der Waals surface area contributed by atoms with Crippen LogP contribution in [0.25, 0.3) is 10.9 Å². The molecule has 5 nitrogen and oxygen atoms in total. The number of fused-ring (bicyclic) bond motifs is 1. The molecule has 3 aromatic rings. The Labute approximate surface area is 152 Å². The average molecular weight is 350 g/mol. The largest absolute Gasteiger partial charge is 0.484 e. The molecule has 0 aliphatic carbocycles. The van der Waals surface area contributed by atoms with Crippen molar-refractivity contribution in [2.45, 2.75) is 27.3 Å². The zero-order valence-corrected chi connectivity index (χ0v) is 15.2. The summed E-state index contributed by atoms with van der Waals surface area (Å²) in [6, 6.07) is 13.3. The number of carbonyl (C=O) groups is 1. The molecule has 2 aromatic carbocycles. The lowest BCUT2D eigenvalue weighted by molar-refractivity contribution is -0.123. The second-order valence-electron chi connectivity index (χ2n) is 6.47. The van der Waals surface area contributed by atoms with Gasteiger partial charge in [0.05, 0.1) is 5.52 Å². The highest BCUT2D eigenvalue weighted by atomic mass is 16.5. The molecule has 2 N–H and O–H groups in total. The number of ether oxygens (including phenoxy) is 1. The molecular weight excluding hydrogens is 328 g/mol. The topological polar surface area (TPSA) is 71.2 Å². The Morgan fingerprint density at radius 3 is 2.54 bits per heavy atom. The second kappa shape index (κ2) is 7.44. The molecule has 5 heteroatoms. The van der Waals surface area contributed by atoms with E-state index >= 15 is 0 Å². The van der Waals surface area contributed by atoms with Crippen LogP contribution in [0.3, 0.4) is 0 Å². The van der Waals surface area contributed by atoms with Gasteiger partial charge in [-0.3, -0.25) is 9.59 Å². The molecule has 0 aliphatic heterocycles. The molecule has 0 saturated carbocycles. The van der Waals surface area contributed by atoms with Crippen molar-refractivity contribution in [1.29, 1.82) is 0 Å². The van der Waals surface area contributed by atoms with Gasteiger partial charge in [-0.2, -0.15) is 0 Å². The number of hydrogen-bond acceptors (Lipinski definition) is 3. The Balaban J connectivity index is 1.64. The van der Waals surface area contributed by atoms with E-state index in [-0.39, 0.29) is 24.6 Å². The van der Waals surface area contributed by atoms with Gasteiger partial charge in [0.1, 0.15) is 5.75 Å². The highest BCUT2D eigenvalue weighted by Crippen LogP contribution is 2.18. The summed E-state index contributed by atoms with van der Waals surface area (Å²) in [5.74, 6) is 0.366. The van der Waals surface area contributed by atoms with Gasteiger partial charge in [0.15, 0.2) is 6.61 Å². The van der Waals surface area contributed by atoms with Crippen molar-refractivity contribution in [3.8, 4) is 5.75 Å². The van der Waals surface area contributed by atoms with Crippen molar-refractivity contribution in [2.24, 2.45) is 0 Å². The fourth-order valence-corrected chi connectivity index (χ4v) is 2.73. The van der Waals surface area contributed by atoms with Gasteiger partial charge in [-0.15, -0.1) is 0 Å². The number of aromatic amines is 1. The molecule has 1 heterocycles. The van der Waals surface area contributed by atoms with Crippen LogP contribution in [0.4, 0.5) is 0 Å². The standard InChI is InChI=1S/C21H22N2O3/c1-13-4-8-18(9-5-13)26-12-19(24)22-11-17-10-16-7-6-14(2)15(3)20(16)23-21(17)25/h4-10H,11-12H2,1-3H3,(H,22,24)(H,23,25). The fraction of sp³-hybridized carbons (Fsp3) is 0.238. The van der Waals surface area contributed by atoms with Crippen LogP contribution in [0, 0.1) is 20.8 Å². The average Bonchev–Trinajstić information content (AvgIpc) is 2.63. The molecule has 0 atom stereocenters. The zero-order chi connectivity index (χ0) is 18.7. The lowest BCUT2D eigenvalue weighted by atomic mass is 10.0. The Morgan fingerprint density at radius 2 is 1.81 bits per heavy atom. The molecule has 1 aromatic heterocycles. The number of aromatic nitrogens is 1. The Bertz CT molecular complexity index is 1000. The SMILES string of the molecule is Cc1ccc(OCC(=O)NCc2cc3ccc(C)c(C)c3[nH]c2=O)cc1. The van der Waals surface area contributed by atoms with Crippen LogP contribution in [0.15, 0.2) is 47.3 Å². The third kappa shape index (κ3) is 3.94. The van der Waals surface area contributed by atoms with Gasteiger partial charge in [-0.05, 0) is 55.5 Å². The molecule has 0 aliphatic rings. The molecule has 0 saturated heterocycles. The van der Waals surface area contributed by atoms with E-state index in [1.165, 1.54) is 0 Å². The van der Waals surface area contributed by atoms with E-state index in [0.29, 0.717) is 11.3 Å². The first-order chi connectivity index (χ1) is 12.4. The summed E-state index contributed by atoms with van der Waals surface area (Å²) in [6.07, 6.45) is 0. The summed E-state index contributed by atoms with van der Waals surface area (Å²) < 4.78 is 5.44. The van der Waals surface area contributed by atoms with Gasteiger partial charge in [0.25, 0.3) is 11.5 Å². The van der Waals surface area contributed by atoms with Crippen LogP contribution in [-0.4, -0.2) is 17.5 Å². The monoisotopic (exact) mass is 350 g/mol. The Hall–Kier alpha value is -3.08. The van der Waals surface area contributed by atoms with E-state index in [2.05, 4.69) is 10.3 Å². The number of aryl methyl sites for hydroxylation is 3. The first-order valence-corrected chi connectivity index (χ1v) is 8.52. The smallest absolute Gasteiger partial charge is 0.258 e. The van der Waals surface area contributed by atoms with Crippen LogP contribution >= 0.6 is 0 Å². The molecule has 0 bridgehead atoms. The highest BCUT2D eigenvalue weighted by molar-refractivity contribution is 5.83. The van der Waals surface area contributed by atoms with E-state index in [9.17, 15) is 9.59 Å². The number of hydrogen-bond donors (Lipinski definition) is 2. The van der Waals surface area contributed by atoms with Crippen LogP contribution in [-0.2, 0) is 11.3 Å². The maximum atomic E-state index is 12.3. The summed E-state index contributed by atoms with van der Waals surface area (Å²) in [5, 5.41) is 3.68. The summed E-state index contributed by atoms with van der Waals surface area (Å²) in [5.41, 5.74) is 4.48. The van der Waals surface area contributed by atoms with Crippen LogP contribution in [0.2, 0.25) is 0 Å². The number of H-pyrrole nitrogens is 1. The van der Waals surface area contributed by atoms with E-state index in [4.69, 9.17) is 4.74 Å². The lowest BCUT2D eigenvalue weighted by Crippen LogP contribution is -2.30. The van der Waals surface area contributed by atoms with Crippen molar-refractivity contribution in [1.82, 2.24) is 10.3 Å². The van der Waals surface area contributed by atoms with Gasteiger partial charge in [0.2, 0.25) is 0 Å². The minimum atomic E-state index is -0.273. The van der Waals surface area contributed by atoms with Gasteiger partial charge in [-0.1, -0.05) is 29.8 Å². The maximum absolute atomic E-state index is 12.3. The molecule has 134 valence electrons. The number of carbonyl (C=O) groups excluding carboxylic acids is 1. The van der Waals surface area contributed by atoms with E-state index in [0.717, 1.165) is 27.6 Å². The maximum Gasteiger partial charge on any atom is 0.258 e. The van der Waals surface area contributed by atoms with E-state index < -0.39 is 0 Å². The zero-order valence-electron chi connectivity index (χ0n) is 15.2. The predicted octanol–water partition coefficient (Wildman–Crippen LogP) is 3.15. The highest BCUT2D eigenvalue weighted by Gasteiger charge is 2.08. The van der Waals surface area contributed by atoms with Crippen molar-refractivity contribution in [3.05, 3.63) is 75.1 Å². The van der Waals surface area contributed by atoms with Crippen molar-refractivity contribution < 1.29 is 9.53 Å². The summed E-state index contributed by atoms with van der Waals surface area (Å²) in [7, 11) is 0. The van der Waals surface area contributed by atoms with E-state index in [1.54, 1.807) is 0 Å². The summed E-state index contributed by atoms with van der Waals surface area (Å²) in [6.45, 7) is 6.05. The van der Waals surface area contributed by atoms with Gasteiger partial charge < -0.3 is 15.0 Å². The molecule has 0 spiro atoms. The second-order valence-corrected chi connectivity index (χ2v) is 6.47. The molecule has 1 amide bonds. The number of pyridine rings is 1. The quantitative estimate of drug-likeness (QED) is 0.742. The normalized spacial score (nSPS) is 10.7. The first-order valence-electron chi connectivity index (χ1n) is 8.52. The molecular formula is C21H22N2O3. The first kappa shape index (κ1) is 17.7. The fourth-order valence-electron chi connectivity index (χ4n) is 2.73. The number of benzene rings is 2. The van der Waals surface area contributed by atoms with Crippen LogP contribution in [0.1, 0.15) is 22.3 Å². The summed E-state index contributed by atoms with van der Waals surface area (Å²) >= 11 is 0.